The van der Waals surface area contributed by atoms with E-state index in [1.165, 1.54) is 29.2 Å². The summed E-state index contributed by atoms with van der Waals surface area (Å²) in [5.74, 6) is 0.668. The first-order chi connectivity index (χ1) is 13.5. The molecule has 0 unspecified atom stereocenters. The number of amides is 1. The first kappa shape index (κ1) is 18.3. The number of hydrogen-bond donors (Lipinski definition) is 1. The molecule has 1 saturated heterocycles. The van der Waals surface area contributed by atoms with E-state index in [0.29, 0.717) is 34.9 Å². The summed E-state index contributed by atoms with van der Waals surface area (Å²) in [6, 6.07) is 4.32. The highest BCUT2D eigenvalue weighted by molar-refractivity contribution is 9.10. The summed E-state index contributed by atoms with van der Waals surface area (Å²) in [6.45, 7) is 1.17. The summed E-state index contributed by atoms with van der Waals surface area (Å²) in [5, 5.41) is 10.1. The first-order valence-corrected chi connectivity index (χ1v) is 9.13. The Morgan fingerprint density at radius 1 is 1.32 bits per heavy atom. The third-order valence-electron chi connectivity index (χ3n) is 4.07. The Kier molecular flexibility index (Phi) is 4.90. The van der Waals surface area contributed by atoms with Crippen LogP contribution in [-0.4, -0.2) is 50.1 Å². The van der Waals surface area contributed by atoms with Crippen LogP contribution in [0.25, 0.3) is 0 Å². The molecule has 1 aliphatic heterocycles. The number of hydrogen-bond acceptors (Lipinski definition) is 7. The molecule has 0 aliphatic carbocycles. The minimum atomic E-state index is -0.416. The number of carbonyl (C=O) groups excluding carboxylic acids is 1. The second kappa shape index (κ2) is 7.50. The smallest absolute Gasteiger partial charge is 0.277 e. The van der Waals surface area contributed by atoms with E-state index < -0.39 is 5.91 Å². The van der Waals surface area contributed by atoms with Gasteiger partial charge in [-0.2, -0.15) is 0 Å². The van der Waals surface area contributed by atoms with Gasteiger partial charge in [-0.05, 0) is 28.1 Å². The Labute approximate surface area is 167 Å². The van der Waals surface area contributed by atoms with Gasteiger partial charge in [0.15, 0.2) is 5.82 Å². The molecule has 4 rings (SSSR count). The fourth-order valence-corrected chi connectivity index (χ4v) is 2.97. The lowest BCUT2D eigenvalue weighted by atomic mass is 10.1. The monoisotopic (exact) mass is 447 g/mol. The Morgan fingerprint density at radius 2 is 2.14 bits per heavy atom. The maximum Gasteiger partial charge on any atom is 0.277 e. The molecule has 3 heterocycles. The lowest BCUT2D eigenvalue weighted by Crippen LogP contribution is -2.54. The van der Waals surface area contributed by atoms with Crippen LogP contribution in [0.15, 0.2) is 41.3 Å². The molecular formula is C17H15BrFN7O2. The first-order valence-electron chi connectivity index (χ1n) is 8.34. The van der Waals surface area contributed by atoms with Gasteiger partial charge in [0, 0.05) is 13.1 Å². The molecule has 0 radical (unpaired) electrons. The van der Waals surface area contributed by atoms with E-state index in [0.717, 1.165) is 0 Å². The number of aromatic nitrogens is 5. The van der Waals surface area contributed by atoms with E-state index in [4.69, 9.17) is 4.74 Å². The van der Waals surface area contributed by atoms with Crippen LogP contribution in [0.2, 0.25) is 0 Å². The van der Waals surface area contributed by atoms with Gasteiger partial charge in [0.05, 0.1) is 36.2 Å². The van der Waals surface area contributed by atoms with Gasteiger partial charge in [0.25, 0.3) is 5.91 Å². The summed E-state index contributed by atoms with van der Waals surface area (Å²) in [4.78, 5) is 22.5. The van der Waals surface area contributed by atoms with Crippen molar-refractivity contribution < 1.29 is 13.9 Å². The molecule has 1 fully saturated rings. The Morgan fingerprint density at radius 3 is 2.82 bits per heavy atom. The Balaban J connectivity index is 1.33. The third-order valence-corrected chi connectivity index (χ3v) is 4.73. The summed E-state index contributed by atoms with van der Waals surface area (Å²) < 4.78 is 21.3. The largest absolute Gasteiger partial charge is 0.485 e. The molecule has 1 aromatic carbocycles. The van der Waals surface area contributed by atoms with Crippen molar-refractivity contribution in [2.75, 3.05) is 23.3 Å². The second-order valence-corrected chi connectivity index (χ2v) is 7.07. The molecule has 1 amide bonds. The molecule has 144 valence electrons. The van der Waals surface area contributed by atoms with Crippen LogP contribution in [0.4, 0.5) is 16.0 Å². The number of carbonyl (C=O) groups is 1. The van der Waals surface area contributed by atoms with Crippen molar-refractivity contribution in [3.05, 3.63) is 52.8 Å². The van der Waals surface area contributed by atoms with Crippen LogP contribution in [-0.2, 0) is 7.05 Å². The fraction of sp³-hybridized carbons (Fsp3) is 0.235. The van der Waals surface area contributed by atoms with Gasteiger partial charge >= 0.3 is 0 Å². The fourth-order valence-electron chi connectivity index (χ4n) is 2.63. The van der Waals surface area contributed by atoms with Crippen molar-refractivity contribution in [3.63, 3.8) is 0 Å². The molecule has 28 heavy (non-hydrogen) atoms. The number of ether oxygens (including phenoxy) is 1. The van der Waals surface area contributed by atoms with Gasteiger partial charge in [-0.25, -0.2) is 14.4 Å². The Hall–Kier alpha value is -3.08. The number of nitrogens with zero attached hydrogens (tertiary/aromatic N) is 6. The van der Waals surface area contributed by atoms with Crippen LogP contribution >= 0.6 is 15.9 Å². The summed E-state index contributed by atoms with van der Waals surface area (Å²) in [7, 11) is 1.70. The van der Waals surface area contributed by atoms with E-state index >= 15 is 0 Å². The van der Waals surface area contributed by atoms with Crippen LogP contribution in [0.1, 0.15) is 10.5 Å². The minimum Gasteiger partial charge on any atom is -0.485 e. The molecule has 9 nitrogen and oxygen atoms in total. The maximum absolute atomic E-state index is 13.3. The number of nitrogens with one attached hydrogen (secondary N) is 1. The van der Waals surface area contributed by atoms with Crippen LogP contribution in [0.3, 0.4) is 0 Å². The van der Waals surface area contributed by atoms with Crippen LogP contribution in [0.5, 0.6) is 5.75 Å². The van der Waals surface area contributed by atoms with Gasteiger partial charge in [0.1, 0.15) is 29.2 Å². The van der Waals surface area contributed by atoms with E-state index in [-0.39, 0.29) is 17.6 Å². The van der Waals surface area contributed by atoms with E-state index in [1.807, 2.05) is 4.90 Å². The number of benzene rings is 1. The zero-order valence-corrected chi connectivity index (χ0v) is 16.3. The van der Waals surface area contributed by atoms with Crippen LogP contribution < -0.4 is 15.0 Å². The predicted molar refractivity (Wildman–Crippen MR) is 102 cm³/mol. The topological polar surface area (TPSA) is 98.1 Å². The lowest BCUT2D eigenvalue weighted by molar-refractivity contribution is 0.102. The molecular weight excluding hydrogens is 433 g/mol. The van der Waals surface area contributed by atoms with E-state index in [2.05, 4.69) is 41.5 Å². The summed E-state index contributed by atoms with van der Waals surface area (Å²) in [6.07, 6.45) is 4.43. The second-order valence-electron chi connectivity index (χ2n) is 6.21. The average molecular weight is 448 g/mol. The zero-order valence-electron chi connectivity index (χ0n) is 14.7. The van der Waals surface area contributed by atoms with Gasteiger partial charge in [-0.3, -0.25) is 9.48 Å². The summed E-state index contributed by atoms with van der Waals surface area (Å²) >= 11 is 3.34. The molecule has 0 spiro atoms. The molecule has 0 atom stereocenters. The van der Waals surface area contributed by atoms with Gasteiger partial charge in [0.2, 0.25) is 0 Å². The highest BCUT2D eigenvalue weighted by Crippen LogP contribution is 2.29. The quantitative estimate of drug-likeness (QED) is 0.638. The zero-order chi connectivity index (χ0) is 19.7. The molecule has 1 aliphatic rings. The number of rotatable bonds is 5. The van der Waals surface area contributed by atoms with Crippen molar-refractivity contribution in [2.45, 2.75) is 6.10 Å². The summed E-state index contributed by atoms with van der Waals surface area (Å²) in [5.41, 5.74) is 0.173. The molecule has 0 bridgehead atoms. The molecule has 0 saturated carbocycles. The predicted octanol–water partition coefficient (Wildman–Crippen LogP) is 2.03. The van der Waals surface area contributed by atoms with Crippen molar-refractivity contribution in [2.24, 2.45) is 7.05 Å². The minimum absolute atomic E-state index is 0.0838. The molecule has 1 N–H and O–H groups in total. The van der Waals surface area contributed by atoms with Gasteiger partial charge in [-0.1, -0.05) is 5.21 Å². The van der Waals surface area contributed by atoms with Crippen LogP contribution in [0, 0.1) is 5.82 Å². The maximum atomic E-state index is 13.3. The molecule has 2 aromatic heterocycles. The number of anilines is 2. The molecule has 3 aromatic rings. The standard InChI is InChI=1S/C17H15BrFN7O2/c1-25-9-15(23-24-25)22-17(27)13-5-21-16(6-20-13)26-7-11(8-26)28-14-4-10(19)2-3-12(14)18/h2-6,9,11H,7-8H2,1H3,(H,22,27). The number of halogens is 2. The highest BCUT2D eigenvalue weighted by atomic mass is 79.9. The van der Waals surface area contributed by atoms with E-state index in [9.17, 15) is 9.18 Å². The SMILES string of the molecule is Cn1cc(NC(=O)c2cnc(N3CC(Oc4cc(F)ccc4Br)C3)cn2)nn1. The van der Waals surface area contributed by atoms with Crippen molar-refractivity contribution >= 4 is 33.5 Å². The number of aryl methyl sites for hydroxylation is 1. The Bertz CT molecular complexity index is 1000. The molecule has 11 heteroatoms. The highest BCUT2D eigenvalue weighted by Gasteiger charge is 2.30. The van der Waals surface area contributed by atoms with Crippen molar-refractivity contribution in [3.8, 4) is 5.75 Å². The van der Waals surface area contributed by atoms with Gasteiger partial charge in [-0.15, -0.1) is 5.10 Å². The van der Waals surface area contributed by atoms with Gasteiger partial charge < -0.3 is 15.0 Å². The van der Waals surface area contributed by atoms with E-state index in [1.54, 1.807) is 19.3 Å². The average Bonchev–Trinajstić information content (AvgIpc) is 3.05. The van der Waals surface area contributed by atoms with Crippen molar-refractivity contribution in [1.29, 1.82) is 0 Å². The lowest BCUT2D eigenvalue weighted by Gasteiger charge is -2.39. The van der Waals surface area contributed by atoms with Crippen molar-refractivity contribution in [1.82, 2.24) is 25.0 Å². The third kappa shape index (κ3) is 3.93. The normalized spacial score (nSPS) is 13.9.